The molecule has 0 saturated heterocycles. The third-order valence-corrected chi connectivity index (χ3v) is 2.98. The fourth-order valence-corrected chi connectivity index (χ4v) is 2.13. The average molecular weight is 198 g/mol. The van der Waals surface area contributed by atoms with E-state index in [0.717, 1.165) is 0 Å². The van der Waals surface area contributed by atoms with Gasteiger partial charge < -0.3 is 4.90 Å². The Balaban J connectivity index is 2.45. The molecule has 1 aromatic carbocycles. The van der Waals surface area contributed by atoms with E-state index in [1.165, 1.54) is 16.8 Å². The molecule has 15 heavy (non-hydrogen) atoms. The van der Waals surface area contributed by atoms with Crippen molar-refractivity contribution in [3.05, 3.63) is 35.4 Å². The zero-order chi connectivity index (χ0) is 10.8. The van der Waals surface area contributed by atoms with Gasteiger partial charge in [-0.1, -0.05) is 24.3 Å². The summed E-state index contributed by atoms with van der Waals surface area (Å²) >= 11 is 0. The van der Waals surface area contributed by atoms with Crippen molar-refractivity contribution < 1.29 is 0 Å². The lowest BCUT2D eigenvalue weighted by Gasteiger charge is -2.34. The molecular weight excluding hydrogens is 184 g/mol. The van der Waals surface area contributed by atoms with Gasteiger partial charge in [-0.25, -0.2) is 0 Å². The van der Waals surface area contributed by atoms with Crippen LogP contribution in [0.2, 0.25) is 0 Å². The van der Waals surface area contributed by atoms with Gasteiger partial charge in [-0.3, -0.25) is 0 Å². The van der Waals surface area contributed by atoms with Crippen molar-refractivity contribution >= 4 is 11.8 Å². The third kappa shape index (κ3) is 1.61. The number of likely N-dealkylation sites (N-methyl/N-ethyl adjacent to an activating group) is 1. The largest absolute Gasteiger partial charge is 0.366 e. The Morgan fingerprint density at radius 3 is 2.87 bits per heavy atom. The van der Waals surface area contributed by atoms with Crippen LogP contribution in [0, 0.1) is 11.3 Å². The second-order valence-electron chi connectivity index (χ2n) is 3.94. The van der Waals surface area contributed by atoms with Gasteiger partial charge in [0.05, 0.1) is 18.5 Å². The zero-order valence-corrected chi connectivity index (χ0v) is 9.07. The summed E-state index contributed by atoms with van der Waals surface area (Å²) in [5.74, 6) is 0. The van der Waals surface area contributed by atoms with Crippen molar-refractivity contribution in [2.45, 2.75) is 19.4 Å². The van der Waals surface area contributed by atoms with Gasteiger partial charge in [-0.15, -0.1) is 0 Å². The van der Waals surface area contributed by atoms with Gasteiger partial charge >= 0.3 is 0 Å². The van der Waals surface area contributed by atoms with Crippen LogP contribution in [0.5, 0.6) is 0 Å². The number of hydrogen-bond donors (Lipinski definition) is 0. The number of para-hydroxylation sites is 1. The molecule has 0 N–H and O–H groups in total. The Kier molecular flexibility index (Phi) is 2.47. The van der Waals surface area contributed by atoms with Crippen LogP contribution in [0.3, 0.4) is 0 Å². The first kappa shape index (κ1) is 9.79. The van der Waals surface area contributed by atoms with Crippen molar-refractivity contribution in [1.29, 1.82) is 5.26 Å². The Morgan fingerprint density at radius 1 is 1.40 bits per heavy atom. The summed E-state index contributed by atoms with van der Waals surface area (Å²) in [4.78, 5) is 2.19. The minimum Gasteiger partial charge on any atom is -0.366 e. The van der Waals surface area contributed by atoms with Crippen molar-refractivity contribution in [1.82, 2.24) is 0 Å². The zero-order valence-electron chi connectivity index (χ0n) is 9.07. The number of rotatable bonds is 1. The average Bonchev–Trinajstić information content (AvgIpc) is 2.24. The highest BCUT2D eigenvalue weighted by molar-refractivity contribution is 5.74. The summed E-state index contributed by atoms with van der Waals surface area (Å²) < 4.78 is 0. The second kappa shape index (κ2) is 3.78. The molecule has 0 aromatic heterocycles. The molecule has 1 heterocycles. The quantitative estimate of drug-likeness (QED) is 0.693. The van der Waals surface area contributed by atoms with E-state index in [-0.39, 0.29) is 6.04 Å². The van der Waals surface area contributed by atoms with E-state index < -0.39 is 0 Å². The van der Waals surface area contributed by atoms with Gasteiger partial charge in [0, 0.05) is 12.7 Å². The van der Waals surface area contributed by atoms with Crippen molar-refractivity contribution in [3.63, 3.8) is 0 Å². The van der Waals surface area contributed by atoms with Gasteiger partial charge in [-0.05, 0) is 24.1 Å². The molecule has 1 atom stereocenters. The molecule has 0 fully saturated rings. The van der Waals surface area contributed by atoms with E-state index >= 15 is 0 Å². The van der Waals surface area contributed by atoms with E-state index in [0.29, 0.717) is 6.42 Å². The molecule has 2 heteroatoms. The molecule has 76 valence electrons. The predicted octanol–water partition coefficient (Wildman–Crippen LogP) is 2.82. The van der Waals surface area contributed by atoms with Crippen LogP contribution in [0.1, 0.15) is 18.9 Å². The molecule has 1 aliphatic heterocycles. The monoisotopic (exact) mass is 198 g/mol. The van der Waals surface area contributed by atoms with Gasteiger partial charge in [-0.2, -0.15) is 5.26 Å². The summed E-state index contributed by atoms with van der Waals surface area (Å²) in [6.45, 7) is 2.09. The number of nitrogens with zero attached hydrogens (tertiary/aromatic N) is 2. The maximum atomic E-state index is 8.80. The van der Waals surface area contributed by atoms with E-state index in [4.69, 9.17) is 5.26 Å². The summed E-state index contributed by atoms with van der Waals surface area (Å²) in [7, 11) is 2.05. The smallest absolute Gasteiger partial charge is 0.0646 e. The SMILES string of the molecule is CC1=Cc2ccccc2N(C)C1CC#N. The van der Waals surface area contributed by atoms with Crippen molar-refractivity contribution in [2.75, 3.05) is 11.9 Å². The second-order valence-corrected chi connectivity index (χ2v) is 3.94. The maximum absolute atomic E-state index is 8.80. The minimum atomic E-state index is 0.227. The van der Waals surface area contributed by atoms with Gasteiger partial charge in [0.1, 0.15) is 0 Å². The van der Waals surface area contributed by atoms with E-state index in [9.17, 15) is 0 Å². The molecule has 0 saturated carbocycles. The Morgan fingerprint density at radius 2 is 2.13 bits per heavy atom. The molecular formula is C13H14N2. The topological polar surface area (TPSA) is 27.0 Å². The Bertz CT molecular complexity index is 440. The first-order valence-electron chi connectivity index (χ1n) is 5.11. The minimum absolute atomic E-state index is 0.227. The van der Waals surface area contributed by atoms with Crippen LogP contribution >= 0.6 is 0 Å². The summed E-state index contributed by atoms with van der Waals surface area (Å²) in [6.07, 6.45) is 2.73. The predicted molar refractivity (Wildman–Crippen MR) is 62.5 cm³/mol. The number of benzene rings is 1. The van der Waals surface area contributed by atoms with Crippen molar-refractivity contribution in [3.8, 4) is 6.07 Å². The molecule has 0 amide bonds. The fourth-order valence-electron chi connectivity index (χ4n) is 2.13. The molecule has 0 radical (unpaired) electrons. The number of fused-ring (bicyclic) bond motifs is 1. The lowest BCUT2D eigenvalue weighted by atomic mass is 9.95. The number of anilines is 1. The molecule has 0 spiro atoms. The molecule has 1 unspecified atom stereocenters. The molecule has 2 rings (SSSR count). The molecule has 0 bridgehead atoms. The molecule has 1 aliphatic rings. The van der Waals surface area contributed by atoms with Gasteiger partial charge in [0.2, 0.25) is 0 Å². The third-order valence-electron chi connectivity index (χ3n) is 2.98. The lowest BCUT2D eigenvalue weighted by molar-refractivity contribution is 0.723. The summed E-state index contributed by atoms with van der Waals surface area (Å²) in [5.41, 5.74) is 3.72. The van der Waals surface area contributed by atoms with Crippen LogP contribution < -0.4 is 4.90 Å². The molecule has 1 aromatic rings. The first-order chi connectivity index (χ1) is 7.24. The van der Waals surface area contributed by atoms with E-state index in [2.05, 4.69) is 43.1 Å². The highest BCUT2D eigenvalue weighted by Gasteiger charge is 2.22. The first-order valence-corrected chi connectivity index (χ1v) is 5.11. The Labute approximate surface area is 90.4 Å². The highest BCUT2D eigenvalue weighted by atomic mass is 15.1. The van der Waals surface area contributed by atoms with Crippen LogP contribution in [0.25, 0.3) is 6.08 Å². The van der Waals surface area contributed by atoms with Crippen LogP contribution in [0.15, 0.2) is 29.8 Å². The summed E-state index contributed by atoms with van der Waals surface area (Å²) in [5, 5.41) is 8.80. The Hall–Kier alpha value is -1.75. The normalized spacial score (nSPS) is 19.1. The van der Waals surface area contributed by atoms with Crippen molar-refractivity contribution in [2.24, 2.45) is 0 Å². The van der Waals surface area contributed by atoms with Crippen LogP contribution in [-0.4, -0.2) is 13.1 Å². The van der Waals surface area contributed by atoms with E-state index in [1.807, 2.05) is 12.1 Å². The fraction of sp³-hybridized carbons (Fsp3) is 0.308. The van der Waals surface area contributed by atoms with E-state index in [1.54, 1.807) is 0 Å². The number of nitriles is 1. The highest BCUT2D eigenvalue weighted by Crippen LogP contribution is 2.31. The van der Waals surface area contributed by atoms with Crippen LogP contribution in [-0.2, 0) is 0 Å². The van der Waals surface area contributed by atoms with Crippen LogP contribution in [0.4, 0.5) is 5.69 Å². The number of hydrogen-bond acceptors (Lipinski definition) is 2. The lowest BCUT2D eigenvalue weighted by Crippen LogP contribution is -2.34. The molecule has 2 nitrogen and oxygen atoms in total. The summed E-state index contributed by atoms with van der Waals surface area (Å²) in [6, 6.07) is 10.8. The maximum Gasteiger partial charge on any atom is 0.0646 e. The van der Waals surface area contributed by atoms with Gasteiger partial charge in [0.25, 0.3) is 0 Å². The molecule has 0 aliphatic carbocycles. The standard InChI is InChI=1S/C13H14N2/c1-10-9-11-5-3-4-6-13(11)15(2)12(10)7-8-14/h3-6,9,12H,7H2,1-2H3. The van der Waals surface area contributed by atoms with Gasteiger partial charge in [0.15, 0.2) is 0 Å².